The number of nitrogens with one attached hydrogen (secondary N) is 1. The van der Waals surface area contributed by atoms with Gasteiger partial charge < -0.3 is 9.47 Å². The molecule has 0 aliphatic rings. The minimum absolute atomic E-state index is 0.213. The van der Waals surface area contributed by atoms with Crippen LogP contribution in [0.2, 0.25) is 5.02 Å². The van der Waals surface area contributed by atoms with Crippen molar-refractivity contribution >= 4 is 45.6 Å². The van der Waals surface area contributed by atoms with Crippen LogP contribution in [0.1, 0.15) is 21.5 Å². The molecule has 0 saturated carbocycles. The lowest BCUT2D eigenvalue weighted by Gasteiger charge is -2.10. The zero-order valence-corrected chi connectivity index (χ0v) is 18.8. The van der Waals surface area contributed by atoms with E-state index in [1.807, 2.05) is 24.3 Å². The molecular weight excluding hydrogens is 484 g/mol. The van der Waals surface area contributed by atoms with Crippen LogP contribution in [0.25, 0.3) is 0 Å². The van der Waals surface area contributed by atoms with E-state index in [0.29, 0.717) is 16.3 Å². The van der Waals surface area contributed by atoms with Crippen molar-refractivity contribution in [2.45, 2.75) is 6.42 Å². The van der Waals surface area contributed by atoms with Gasteiger partial charge in [-0.3, -0.25) is 4.79 Å². The van der Waals surface area contributed by atoms with Gasteiger partial charge in [-0.25, -0.2) is 10.2 Å². The molecule has 0 heterocycles. The Labute approximate surface area is 193 Å². The minimum Gasteiger partial charge on any atom is -0.493 e. The van der Waals surface area contributed by atoms with Gasteiger partial charge in [0.1, 0.15) is 0 Å². The fourth-order valence-electron chi connectivity index (χ4n) is 2.64. The SMILES string of the molecule is COc1cc(C=NNC(=O)Cc2ccc(Br)cc2)ccc1OC(=O)c1ccccc1Cl. The first-order chi connectivity index (χ1) is 15.0. The number of benzene rings is 3. The summed E-state index contributed by atoms with van der Waals surface area (Å²) in [6.07, 6.45) is 1.69. The van der Waals surface area contributed by atoms with Crippen molar-refractivity contribution in [3.8, 4) is 11.5 Å². The van der Waals surface area contributed by atoms with E-state index in [-0.39, 0.29) is 23.6 Å². The Morgan fingerprint density at radius 3 is 2.52 bits per heavy atom. The average Bonchev–Trinajstić information content (AvgIpc) is 2.76. The van der Waals surface area contributed by atoms with Crippen LogP contribution in [0, 0.1) is 0 Å². The molecule has 0 aliphatic heterocycles. The molecule has 8 heteroatoms. The van der Waals surface area contributed by atoms with Crippen LogP contribution in [0.3, 0.4) is 0 Å². The molecule has 1 N–H and O–H groups in total. The van der Waals surface area contributed by atoms with Crippen LogP contribution in [0.5, 0.6) is 11.5 Å². The summed E-state index contributed by atoms with van der Waals surface area (Å²) in [4.78, 5) is 24.4. The molecule has 0 bridgehead atoms. The molecule has 158 valence electrons. The number of esters is 1. The lowest BCUT2D eigenvalue weighted by molar-refractivity contribution is -0.120. The van der Waals surface area contributed by atoms with E-state index in [1.54, 1.807) is 42.5 Å². The van der Waals surface area contributed by atoms with Gasteiger partial charge in [-0.15, -0.1) is 0 Å². The number of halogens is 2. The van der Waals surface area contributed by atoms with Crippen molar-refractivity contribution in [2.75, 3.05) is 7.11 Å². The van der Waals surface area contributed by atoms with E-state index in [2.05, 4.69) is 26.5 Å². The summed E-state index contributed by atoms with van der Waals surface area (Å²) in [5, 5.41) is 4.27. The number of carbonyl (C=O) groups is 2. The Kier molecular flexibility index (Phi) is 7.81. The molecular formula is C23H18BrClN2O4. The molecule has 0 aliphatic carbocycles. The average molecular weight is 502 g/mol. The van der Waals surface area contributed by atoms with Gasteiger partial charge in [0.25, 0.3) is 0 Å². The minimum atomic E-state index is -0.592. The maximum Gasteiger partial charge on any atom is 0.345 e. The molecule has 0 fully saturated rings. The van der Waals surface area contributed by atoms with Crippen LogP contribution < -0.4 is 14.9 Å². The lowest BCUT2D eigenvalue weighted by Crippen LogP contribution is -2.19. The monoisotopic (exact) mass is 500 g/mol. The van der Waals surface area contributed by atoms with Crippen molar-refractivity contribution in [1.29, 1.82) is 0 Å². The predicted octanol–water partition coefficient (Wildman–Crippen LogP) is 5.02. The summed E-state index contributed by atoms with van der Waals surface area (Å²) in [6, 6.07) is 19.0. The second-order valence-corrected chi connectivity index (χ2v) is 7.70. The summed E-state index contributed by atoms with van der Waals surface area (Å²) in [5.74, 6) is -0.254. The number of rotatable bonds is 7. The zero-order valence-electron chi connectivity index (χ0n) is 16.5. The molecule has 6 nitrogen and oxygen atoms in total. The highest BCUT2D eigenvalue weighted by Crippen LogP contribution is 2.29. The summed E-state index contributed by atoms with van der Waals surface area (Å²) >= 11 is 9.40. The molecule has 3 rings (SSSR count). The highest BCUT2D eigenvalue weighted by molar-refractivity contribution is 9.10. The predicted molar refractivity (Wildman–Crippen MR) is 123 cm³/mol. The van der Waals surface area contributed by atoms with Gasteiger partial charge in [0.2, 0.25) is 5.91 Å². The number of hydrogen-bond donors (Lipinski definition) is 1. The van der Waals surface area contributed by atoms with Gasteiger partial charge >= 0.3 is 5.97 Å². The van der Waals surface area contributed by atoms with Crippen LogP contribution in [0.4, 0.5) is 0 Å². The van der Waals surface area contributed by atoms with Crippen LogP contribution in [-0.2, 0) is 11.2 Å². The van der Waals surface area contributed by atoms with E-state index >= 15 is 0 Å². The molecule has 0 spiro atoms. The Balaban J connectivity index is 1.62. The quantitative estimate of drug-likeness (QED) is 0.213. The first-order valence-electron chi connectivity index (χ1n) is 9.17. The van der Waals surface area contributed by atoms with Gasteiger partial charge in [-0.2, -0.15) is 5.10 Å². The topological polar surface area (TPSA) is 77.0 Å². The molecule has 0 radical (unpaired) electrons. The lowest BCUT2D eigenvalue weighted by atomic mass is 10.1. The zero-order chi connectivity index (χ0) is 22.2. The van der Waals surface area contributed by atoms with E-state index in [4.69, 9.17) is 21.1 Å². The molecule has 1 amide bonds. The third-order valence-corrected chi connectivity index (χ3v) is 5.02. The fraction of sp³-hybridized carbons (Fsp3) is 0.0870. The van der Waals surface area contributed by atoms with Crippen molar-refractivity contribution in [2.24, 2.45) is 5.10 Å². The second kappa shape index (κ2) is 10.7. The van der Waals surface area contributed by atoms with Crippen molar-refractivity contribution in [1.82, 2.24) is 5.43 Å². The van der Waals surface area contributed by atoms with Gasteiger partial charge in [-0.05, 0) is 53.6 Å². The Morgan fingerprint density at radius 1 is 1.06 bits per heavy atom. The van der Waals surface area contributed by atoms with E-state index in [1.165, 1.54) is 13.3 Å². The van der Waals surface area contributed by atoms with Crippen molar-refractivity contribution in [3.05, 3.63) is 92.9 Å². The number of hydrazone groups is 1. The molecule has 3 aromatic carbocycles. The first kappa shape index (κ1) is 22.5. The molecule has 0 aromatic heterocycles. The highest BCUT2D eigenvalue weighted by Gasteiger charge is 2.15. The molecule has 0 unspecified atom stereocenters. The molecule has 0 atom stereocenters. The largest absolute Gasteiger partial charge is 0.493 e. The summed E-state index contributed by atoms with van der Waals surface area (Å²) in [6.45, 7) is 0. The maximum atomic E-state index is 12.4. The number of methoxy groups -OCH3 is 1. The smallest absolute Gasteiger partial charge is 0.345 e. The van der Waals surface area contributed by atoms with Gasteiger partial charge in [0.05, 0.1) is 30.3 Å². The number of hydrogen-bond acceptors (Lipinski definition) is 5. The fourth-order valence-corrected chi connectivity index (χ4v) is 3.11. The normalized spacial score (nSPS) is 10.7. The van der Waals surface area contributed by atoms with E-state index < -0.39 is 5.97 Å². The third-order valence-electron chi connectivity index (χ3n) is 4.16. The standard InChI is InChI=1S/C23H18BrClN2O4/c1-30-21-12-16(14-26-27-22(28)13-15-6-9-17(24)10-7-15)8-11-20(21)31-23(29)18-4-2-3-5-19(18)25/h2-12,14H,13H2,1H3,(H,27,28). The van der Waals surface area contributed by atoms with Crippen LogP contribution in [0.15, 0.2) is 76.3 Å². The number of nitrogens with zero attached hydrogens (tertiary/aromatic N) is 1. The summed E-state index contributed by atoms with van der Waals surface area (Å²) in [7, 11) is 1.46. The molecule has 31 heavy (non-hydrogen) atoms. The van der Waals surface area contributed by atoms with Crippen molar-refractivity contribution < 1.29 is 19.1 Å². The number of carbonyl (C=O) groups excluding carboxylic acids is 2. The Hall–Kier alpha value is -3.16. The Bertz CT molecular complexity index is 1120. The molecule has 0 saturated heterocycles. The Morgan fingerprint density at radius 2 is 1.81 bits per heavy atom. The first-order valence-corrected chi connectivity index (χ1v) is 10.3. The number of amides is 1. The van der Waals surface area contributed by atoms with E-state index in [0.717, 1.165) is 10.0 Å². The van der Waals surface area contributed by atoms with E-state index in [9.17, 15) is 9.59 Å². The van der Waals surface area contributed by atoms with Crippen LogP contribution in [-0.4, -0.2) is 25.2 Å². The second-order valence-electron chi connectivity index (χ2n) is 6.38. The number of ether oxygens (including phenoxy) is 2. The molecule has 3 aromatic rings. The van der Waals surface area contributed by atoms with Crippen molar-refractivity contribution in [3.63, 3.8) is 0 Å². The van der Waals surface area contributed by atoms with Crippen LogP contribution >= 0.6 is 27.5 Å². The summed E-state index contributed by atoms with van der Waals surface area (Å²) in [5.41, 5.74) is 4.27. The summed E-state index contributed by atoms with van der Waals surface area (Å²) < 4.78 is 11.7. The highest BCUT2D eigenvalue weighted by atomic mass is 79.9. The maximum absolute atomic E-state index is 12.4. The third kappa shape index (κ3) is 6.41. The van der Waals surface area contributed by atoms with Gasteiger partial charge in [0, 0.05) is 4.47 Å². The van der Waals surface area contributed by atoms with Gasteiger partial charge in [0.15, 0.2) is 11.5 Å². The van der Waals surface area contributed by atoms with Gasteiger partial charge in [-0.1, -0.05) is 51.8 Å².